The molecule has 1 rings (SSSR count). The Morgan fingerprint density at radius 2 is 1.89 bits per heavy atom. The van der Waals surface area contributed by atoms with Crippen LogP contribution in [-0.2, 0) is 6.54 Å². The van der Waals surface area contributed by atoms with Crippen LogP contribution in [0.3, 0.4) is 0 Å². The van der Waals surface area contributed by atoms with E-state index in [2.05, 4.69) is 35.8 Å². The van der Waals surface area contributed by atoms with E-state index in [-0.39, 0.29) is 0 Å². The maximum Gasteiger partial charge on any atom is 0.135 e. The average Bonchev–Trinajstić information content (AvgIpc) is 2.30. The van der Waals surface area contributed by atoms with Gasteiger partial charge in [0.15, 0.2) is 0 Å². The molecule has 0 fully saturated rings. The summed E-state index contributed by atoms with van der Waals surface area (Å²) in [5.41, 5.74) is 1.03. The molecule has 5 heteroatoms. The van der Waals surface area contributed by atoms with Gasteiger partial charge in [-0.25, -0.2) is 4.98 Å². The zero-order chi connectivity index (χ0) is 13.5. The van der Waals surface area contributed by atoms with E-state index in [0.29, 0.717) is 10.3 Å². The van der Waals surface area contributed by atoms with Crippen LogP contribution in [0.15, 0.2) is 12.1 Å². The van der Waals surface area contributed by atoms with E-state index >= 15 is 0 Å². The van der Waals surface area contributed by atoms with Crippen LogP contribution in [0.4, 0.5) is 0 Å². The molecule has 0 aliphatic rings. The normalized spacial score (nSPS) is 11.5. The Labute approximate surface area is 120 Å². The van der Waals surface area contributed by atoms with E-state index < -0.39 is 0 Å². The number of pyridine rings is 1. The molecule has 0 aliphatic carbocycles. The number of halogens is 2. The molecule has 0 atom stereocenters. The molecule has 3 nitrogen and oxygen atoms in total. The van der Waals surface area contributed by atoms with Crippen LogP contribution in [-0.4, -0.2) is 48.5 Å². The second kappa shape index (κ2) is 7.95. The molecule has 1 aromatic rings. The van der Waals surface area contributed by atoms with Gasteiger partial charge in [0.2, 0.25) is 0 Å². The van der Waals surface area contributed by atoms with Gasteiger partial charge in [0.25, 0.3) is 0 Å². The molecule has 0 saturated carbocycles. The minimum absolute atomic E-state index is 0.444. The van der Waals surface area contributed by atoms with E-state index in [9.17, 15) is 0 Å². The third-order valence-electron chi connectivity index (χ3n) is 2.81. The molecule has 0 unspecified atom stereocenters. The van der Waals surface area contributed by atoms with Crippen LogP contribution >= 0.6 is 23.2 Å². The molecule has 0 aromatic carbocycles. The minimum Gasteiger partial charge on any atom is -0.309 e. The molecule has 102 valence electrons. The van der Waals surface area contributed by atoms with Crippen molar-refractivity contribution in [1.29, 1.82) is 0 Å². The van der Waals surface area contributed by atoms with Crippen molar-refractivity contribution in [3.8, 4) is 0 Å². The van der Waals surface area contributed by atoms with Gasteiger partial charge in [-0.15, -0.1) is 0 Å². The van der Waals surface area contributed by atoms with Crippen LogP contribution < -0.4 is 0 Å². The Bertz CT molecular complexity index is 369. The summed E-state index contributed by atoms with van der Waals surface area (Å²) in [6, 6.07) is 3.74. The summed E-state index contributed by atoms with van der Waals surface area (Å²) in [5, 5.41) is 0.952. The third-order valence-corrected chi connectivity index (χ3v) is 3.35. The number of hydrogen-bond acceptors (Lipinski definition) is 3. The number of aromatic nitrogens is 1. The van der Waals surface area contributed by atoms with Crippen LogP contribution in [0.2, 0.25) is 10.3 Å². The molecular formula is C13H21Cl2N3. The molecule has 0 saturated heterocycles. The number of nitrogens with zero attached hydrogens (tertiary/aromatic N) is 3. The molecule has 1 heterocycles. The zero-order valence-corrected chi connectivity index (χ0v) is 12.8. The molecule has 0 N–H and O–H groups in total. The SMILES string of the molecule is CCN(CCCN(C)C)Cc1ccc(Cl)nc1Cl. The van der Waals surface area contributed by atoms with Crippen molar-refractivity contribution in [3.05, 3.63) is 28.0 Å². The molecule has 1 aromatic heterocycles. The van der Waals surface area contributed by atoms with E-state index in [1.165, 1.54) is 0 Å². The largest absolute Gasteiger partial charge is 0.309 e. The van der Waals surface area contributed by atoms with Crippen molar-refractivity contribution in [2.24, 2.45) is 0 Å². The summed E-state index contributed by atoms with van der Waals surface area (Å²) in [5.74, 6) is 0. The molecular weight excluding hydrogens is 269 g/mol. The lowest BCUT2D eigenvalue weighted by Gasteiger charge is -2.21. The highest BCUT2D eigenvalue weighted by Gasteiger charge is 2.08. The first kappa shape index (κ1) is 15.7. The highest BCUT2D eigenvalue weighted by molar-refractivity contribution is 6.32. The Morgan fingerprint density at radius 1 is 1.17 bits per heavy atom. The number of hydrogen-bond donors (Lipinski definition) is 0. The zero-order valence-electron chi connectivity index (χ0n) is 11.3. The van der Waals surface area contributed by atoms with Gasteiger partial charge in [-0.2, -0.15) is 0 Å². The molecule has 0 radical (unpaired) electrons. The Hall–Kier alpha value is -0.350. The minimum atomic E-state index is 0.444. The van der Waals surface area contributed by atoms with Crippen molar-refractivity contribution < 1.29 is 0 Å². The lowest BCUT2D eigenvalue weighted by Crippen LogP contribution is -2.27. The van der Waals surface area contributed by atoms with Crippen LogP contribution in [0.5, 0.6) is 0 Å². The van der Waals surface area contributed by atoms with Crippen molar-refractivity contribution in [2.75, 3.05) is 33.7 Å². The highest BCUT2D eigenvalue weighted by Crippen LogP contribution is 2.18. The standard InChI is InChI=1S/C13H21Cl2N3/c1-4-18(9-5-8-17(2)3)10-11-6-7-12(14)16-13(11)15/h6-7H,4-5,8-10H2,1-3H3. The number of rotatable bonds is 7. The summed E-state index contributed by atoms with van der Waals surface area (Å²) >= 11 is 11.9. The monoisotopic (exact) mass is 289 g/mol. The predicted octanol–water partition coefficient (Wildman–Crippen LogP) is 3.16. The second-order valence-corrected chi connectivity index (χ2v) is 5.35. The fraction of sp³-hybridized carbons (Fsp3) is 0.615. The lowest BCUT2D eigenvalue weighted by atomic mass is 10.2. The topological polar surface area (TPSA) is 19.4 Å². The van der Waals surface area contributed by atoms with Crippen LogP contribution in [0, 0.1) is 0 Å². The summed E-state index contributed by atoms with van der Waals surface area (Å²) in [6.07, 6.45) is 1.15. The highest BCUT2D eigenvalue weighted by atomic mass is 35.5. The third kappa shape index (κ3) is 5.53. The van der Waals surface area contributed by atoms with Gasteiger partial charge in [-0.05, 0) is 46.2 Å². The average molecular weight is 290 g/mol. The quantitative estimate of drug-likeness (QED) is 0.719. The van der Waals surface area contributed by atoms with Crippen molar-refractivity contribution in [1.82, 2.24) is 14.8 Å². The van der Waals surface area contributed by atoms with E-state index in [1.807, 2.05) is 6.07 Å². The van der Waals surface area contributed by atoms with Crippen LogP contribution in [0.1, 0.15) is 18.9 Å². The smallest absolute Gasteiger partial charge is 0.135 e. The Balaban J connectivity index is 2.51. The maximum absolute atomic E-state index is 6.08. The fourth-order valence-corrected chi connectivity index (χ4v) is 2.16. The summed E-state index contributed by atoms with van der Waals surface area (Å²) in [4.78, 5) is 8.63. The summed E-state index contributed by atoms with van der Waals surface area (Å²) in [7, 11) is 4.19. The van der Waals surface area contributed by atoms with Gasteiger partial charge in [0.1, 0.15) is 10.3 Å². The Kier molecular flexibility index (Phi) is 6.94. The van der Waals surface area contributed by atoms with Crippen molar-refractivity contribution in [2.45, 2.75) is 19.9 Å². The molecule has 0 bridgehead atoms. The Morgan fingerprint density at radius 3 is 2.44 bits per heavy atom. The van der Waals surface area contributed by atoms with Gasteiger partial charge in [0, 0.05) is 12.1 Å². The van der Waals surface area contributed by atoms with Gasteiger partial charge < -0.3 is 4.90 Å². The molecule has 0 amide bonds. The lowest BCUT2D eigenvalue weighted by molar-refractivity contribution is 0.259. The van der Waals surface area contributed by atoms with Gasteiger partial charge in [0.05, 0.1) is 0 Å². The first-order chi connectivity index (χ1) is 8.52. The van der Waals surface area contributed by atoms with Crippen LogP contribution in [0.25, 0.3) is 0 Å². The first-order valence-corrected chi connectivity index (χ1v) is 6.96. The van der Waals surface area contributed by atoms with Gasteiger partial charge in [-0.1, -0.05) is 36.2 Å². The van der Waals surface area contributed by atoms with Gasteiger partial charge in [-0.3, -0.25) is 4.90 Å². The summed E-state index contributed by atoms with van der Waals surface area (Å²) < 4.78 is 0. The van der Waals surface area contributed by atoms with E-state index in [0.717, 1.165) is 38.2 Å². The van der Waals surface area contributed by atoms with Crippen molar-refractivity contribution >= 4 is 23.2 Å². The molecule has 0 aliphatic heterocycles. The van der Waals surface area contributed by atoms with Crippen molar-refractivity contribution in [3.63, 3.8) is 0 Å². The molecule has 18 heavy (non-hydrogen) atoms. The predicted molar refractivity (Wildman–Crippen MR) is 78.4 cm³/mol. The van der Waals surface area contributed by atoms with Gasteiger partial charge >= 0.3 is 0 Å². The fourth-order valence-electron chi connectivity index (χ4n) is 1.76. The first-order valence-electron chi connectivity index (χ1n) is 6.21. The summed E-state index contributed by atoms with van der Waals surface area (Å²) in [6.45, 7) is 6.16. The maximum atomic E-state index is 6.08. The van der Waals surface area contributed by atoms with E-state index in [4.69, 9.17) is 23.2 Å². The second-order valence-electron chi connectivity index (χ2n) is 4.61. The molecule has 0 spiro atoms. The van der Waals surface area contributed by atoms with E-state index in [1.54, 1.807) is 6.07 Å².